The van der Waals surface area contributed by atoms with Crippen LogP contribution in [0.25, 0.3) is 0 Å². The molecule has 4 atom stereocenters. The van der Waals surface area contributed by atoms with Gasteiger partial charge in [-0.3, -0.25) is 20.0 Å². The fourth-order valence-electron chi connectivity index (χ4n) is 1.68. The topological polar surface area (TPSA) is 220 Å². The molecule has 10 N–H and O–H groups in total. The minimum Gasteiger partial charge on any atom is -0.480 e. The number of nitrogens with two attached hydrogens (primary N) is 2. The van der Waals surface area contributed by atoms with Crippen LogP contribution in [-0.4, -0.2) is 87.0 Å². The maximum Gasteiger partial charge on any atom is 0.328 e. The van der Waals surface area contributed by atoms with Gasteiger partial charge in [0.1, 0.15) is 11.0 Å². The second kappa shape index (κ2) is 11.2. The van der Waals surface area contributed by atoms with Crippen LogP contribution in [0.15, 0.2) is 0 Å². The molecule has 0 saturated carbocycles. The first-order chi connectivity index (χ1) is 12.4. The molecule has 0 spiro atoms. The van der Waals surface area contributed by atoms with Crippen molar-refractivity contribution >= 4 is 41.0 Å². The van der Waals surface area contributed by atoms with Crippen molar-refractivity contribution in [1.29, 1.82) is 0 Å². The van der Waals surface area contributed by atoms with Gasteiger partial charge in [-0.05, 0) is 6.92 Å². The average Bonchev–Trinajstić information content (AvgIpc) is 2.56. The van der Waals surface area contributed by atoms with E-state index in [1.54, 1.807) is 0 Å². The van der Waals surface area contributed by atoms with Crippen LogP contribution in [0.2, 0.25) is 0 Å². The van der Waals surface area contributed by atoms with Crippen molar-refractivity contribution in [2.45, 2.75) is 37.6 Å². The van der Waals surface area contributed by atoms with Gasteiger partial charge in [0.15, 0.2) is 6.04 Å². The van der Waals surface area contributed by atoms with E-state index in [1.807, 2.05) is 5.32 Å². The summed E-state index contributed by atoms with van der Waals surface area (Å²) in [7, 11) is 1.25. The summed E-state index contributed by atoms with van der Waals surface area (Å²) in [5, 5.41) is 32.1. The molecule has 0 heterocycles. The number of aliphatic carboxylic acids is 1. The highest BCUT2D eigenvalue weighted by Gasteiger charge is 2.27. The quantitative estimate of drug-likeness (QED) is 0.136. The first kappa shape index (κ1) is 24.5. The molecule has 0 radical (unpaired) electrons. The number of aliphatic hydroxyl groups is 2. The number of rotatable bonds is 9. The summed E-state index contributed by atoms with van der Waals surface area (Å²) in [5.41, 5.74) is 13.0. The van der Waals surface area contributed by atoms with E-state index in [0.717, 1.165) is 5.01 Å². The fraction of sp³-hybridized carbons (Fsp3) is 0.615. The first-order valence-corrected chi connectivity index (χ1v) is 8.02. The largest absolute Gasteiger partial charge is 0.480 e. The van der Waals surface area contributed by atoms with E-state index in [4.69, 9.17) is 33.9 Å². The van der Waals surface area contributed by atoms with Crippen LogP contribution >= 0.6 is 12.2 Å². The maximum atomic E-state index is 12.0. The standard InChI is InChI=1S/C13H24N6O7S/c1-5(21)9(15)11(23)19(2)18-10(27)6(3-8(14)22)16-13(26)17-7(4-20)12(24)25/h5-7,9,20-21H,3-4,15H2,1-2H3,(H2,14,22)(H,18,27)(H,24,25)(H2,16,17,26)/t5?,6-,7-,9-/m1/s1. The molecular weight excluding hydrogens is 384 g/mol. The Labute approximate surface area is 160 Å². The molecule has 0 aromatic carbocycles. The SMILES string of the molecule is CC(O)[C@@H](N)C(=O)N(C)NC(=S)[C@@H](CC(N)=O)NC(=O)N[C@H](CO)C(=O)O. The summed E-state index contributed by atoms with van der Waals surface area (Å²) in [6, 6.07) is -5.05. The van der Waals surface area contributed by atoms with Crippen molar-refractivity contribution in [3.05, 3.63) is 0 Å². The van der Waals surface area contributed by atoms with Gasteiger partial charge in [0.2, 0.25) is 5.91 Å². The van der Waals surface area contributed by atoms with Gasteiger partial charge in [0.25, 0.3) is 5.91 Å². The monoisotopic (exact) mass is 408 g/mol. The molecule has 27 heavy (non-hydrogen) atoms. The Morgan fingerprint density at radius 3 is 2.11 bits per heavy atom. The van der Waals surface area contributed by atoms with E-state index < -0.39 is 61.1 Å². The van der Waals surface area contributed by atoms with E-state index in [9.17, 15) is 24.3 Å². The number of urea groups is 1. The number of amides is 4. The molecule has 154 valence electrons. The Morgan fingerprint density at radius 2 is 1.70 bits per heavy atom. The van der Waals surface area contributed by atoms with E-state index >= 15 is 0 Å². The fourth-order valence-corrected chi connectivity index (χ4v) is 1.96. The average molecular weight is 408 g/mol. The number of carbonyl (C=O) groups excluding carboxylic acids is 3. The third kappa shape index (κ3) is 8.59. The minimum absolute atomic E-state index is 0.200. The maximum absolute atomic E-state index is 12.0. The van der Waals surface area contributed by atoms with Crippen molar-refractivity contribution in [3.8, 4) is 0 Å². The van der Waals surface area contributed by atoms with Crippen molar-refractivity contribution in [3.63, 3.8) is 0 Å². The zero-order valence-electron chi connectivity index (χ0n) is 14.7. The second-order valence-electron chi connectivity index (χ2n) is 5.55. The number of thiocarbonyl (C=S) groups is 1. The van der Waals surface area contributed by atoms with Gasteiger partial charge < -0.3 is 37.4 Å². The Morgan fingerprint density at radius 1 is 1.19 bits per heavy atom. The van der Waals surface area contributed by atoms with Crippen molar-refractivity contribution in [1.82, 2.24) is 21.1 Å². The Bertz CT molecular complexity index is 588. The first-order valence-electron chi connectivity index (χ1n) is 7.61. The number of hydrazine groups is 1. The number of nitrogens with zero attached hydrogens (tertiary/aromatic N) is 1. The predicted octanol–water partition coefficient (Wildman–Crippen LogP) is -4.03. The number of nitrogens with one attached hydrogen (secondary N) is 3. The summed E-state index contributed by atoms with van der Waals surface area (Å²) >= 11 is 5.03. The van der Waals surface area contributed by atoms with Crippen LogP contribution in [0.4, 0.5) is 4.79 Å². The molecule has 0 fully saturated rings. The summed E-state index contributed by atoms with van der Waals surface area (Å²) in [6.45, 7) is 0.455. The summed E-state index contributed by atoms with van der Waals surface area (Å²) in [5.74, 6) is -3.03. The molecule has 0 aliphatic rings. The van der Waals surface area contributed by atoms with Crippen LogP contribution in [0.5, 0.6) is 0 Å². The van der Waals surface area contributed by atoms with Gasteiger partial charge in [0, 0.05) is 7.05 Å². The lowest BCUT2D eigenvalue weighted by Crippen LogP contribution is -2.59. The summed E-state index contributed by atoms with van der Waals surface area (Å²) < 4.78 is 0. The van der Waals surface area contributed by atoms with E-state index in [-0.39, 0.29) is 4.99 Å². The zero-order chi connectivity index (χ0) is 21.3. The molecular formula is C13H24N6O7S. The van der Waals surface area contributed by atoms with Crippen molar-refractivity contribution in [2.75, 3.05) is 13.7 Å². The number of likely N-dealkylation sites (N-methyl/N-ethyl adjacent to an activating group) is 1. The van der Waals surface area contributed by atoms with Crippen LogP contribution < -0.4 is 27.5 Å². The molecule has 0 aliphatic carbocycles. The lowest BCUT2D eigenvalue weighted by Gasteiger charge is -2.27. The molecule has 1 unspecified atom stereocenters. The van der Waals surface area contributed by atoms with E-state index in [1.165, 1.54) is 14.0 Å². The smallest absolute Gasteiger partial charge is 0.328 e. The third-order valence-electron chi connectivity index (χ3n) is 3.23. The highest BCUT2D eigenvalue weighted by atomic mass is 32.1. The second-order valence-corrected chi connectivity index (χ2v) is 5.99. The summed E-state index contributed by atoms with van der Waals surface area (Å²) in [4.78, 5) is 45.6. The number of hydrogen-bond donors (Lipinski definition) is 8. The summed E-state index contributed by atoms with van der Waals surface area (Å²) in [6.07, 6.45) is -1.59. The number of hydrogen-bond acceptors (Lipinski definition) is 8. The Kier molecular flexibility index (Phi) is 10.2. The number of carboxylic acids is 1. The van der Waals surface area contributed by atoms with Crippen LogP contribution in [0.1, 0.15) is 13.3 Å². The van der Waals surface area contributed by atoms with Crippen molar-refractivity contribution < 1.29 is 34.5 Å². The molecule has 0 bridgehead atoms. The van der Waals surface area contributed by atoms with Gasteiger partial charge in [-0.25, -0.2) is 9.59 Å². The highest BCUT2D eigenvalue weighted by Crippen LogP contribution is 1.99. The molecule has 0 saturated heterocycles. The van der Waals surface area contributed by atoms with Gasteiger partial charge in [-0.15, -0.1) is 0 Å². The lowest BCUT2D eigenvalue weighted by atomic mass is 10.2. The van der Waals surface area contributed by atoms with Gasteiger partial charge >= 0.3 is 12.0 Å². The number of carboxylic acid groups (broad SMARTS) is 1. The third-order valence-corrected chi connectivity index (χ3v) is 3.60. The molecule has 0 aliphatic heterocycles. The predicted molar refractivity (Wildman–Crippen MR) is 95.9 cm³/mol. The van der Waals surface area contributed by atoms with Gasteiger partial charge in [-0.1, -0.05) is 12.2 Å². The van der Waals surface area contributed by atoms with Gasteiger partial charge in [0.05, 0.1) is 25.2 Å². The number of primary amides is 1. The minimum atomic E-state index is -1.57. The van der Waals surface area contributed by atoms with E-state index in [2.05, 4.69) is 10.7 Å². The Hall–Kier alpha value is -2.55. The normalized spacial score (nSPS) is 14.9. The zero-order valence-corrected chi connectivity index (χ0v) is 15.5. The highest BCUT2D eigenvalue weighted by molar-refractivity contribution is 7.80. The molecule has 14 heteroatoms. The lowest BCUT2D eigenvalue weighted by molar-refractivity contribution is -0.140. The molecule has 4 amide bonds. The Balaban J connectivity index is 5.05. The van der Waals surface area contributed by atoms with Crippen molar-refractivity contribution in [2.24, 2.45) is 11.5 Å². The van der Waals surface area contributed by atoms with Crippen LogP contribution in [-0.2, 0) is 14.4 Å². The molecule has 0 aromatic rings. The molecule has 13 nitrogen and oxygen atoms in total. The van der Waals surface area contributed by atoms with Crippen LogP contribution in [0.3, 0.4) is 0 Å². The number of aliphatic hydroxyl groups excluding tert-OH is 2. The molecule has 0 rings (SSSR count). The van der Waals surface area contributed by atoms with Crippen LogP contribution in [0, 0.1) is 0 Å². The van der Waals surface area contributed by atoms with Gasteiger partial charge in [-0.2, -0.15) is 0 Å². The number of carbonyl (C=O) groups is 4. The molecule has 0 aromatic heterocycles. The van der Waals surface area contributed by atoms with E-state index in [0.29, 0.717) is 0 Å².